The first-order valence-corrected chi connectivity index (χ1v) is 7.47. The van der Waals surface area contributed by atoms with Crippen molar-refractivity contribution in [1.29, 1.82) is 0 Å². The summed E-state index contributed by atoms with van der Waals surface area (Å²) in [4.78, 5) is 0. The number of rotatable bonds is 3. The third-order valence-electron chi connectivity index (χ3n) is 3.46. The molecule has 0 fully saturated rings. The fraction of sp³-hybridized carbons (Fsp3) is 0.250. The number of nitrogens with two attached hydrogens (primary N) is 1. The van der Waals surface area contributed by atoms with Crippen LogP contribution in [0.2, 0.25) is 10.0 Å². The van der Waals surface area contributed by atoms with E-state index in [9.17, 15) is 0 Å². The molecule has 0 radical (unpaired) electrons. The van der Waals surface area contributed by atoms with Crippen LogP contribution in [0.25, 0.3) is 0 Å². The second-order valence-electron chi connectivity index (χ2n) is 5.03. The van der Waals surface area contributed by atoms with Crippen LogP contribution in [-0.4, -0.2) is 18.8 Å². The van der Waals surface area contributed by atoms with Crippen molar-refractivity contribution in [3.8, 4) is 11.5 Å². The highest BCUT2D eigenvalue weighted by Gasteiger charge is 2.26. The molecular weight excluding hydrogens is 309 g/mol. The normalized spacial score (nSPS) is 18.3. The van der Waals surface area contributed by atoms with E-state index in [1.165, 1.54) is 0 Å². The molecule has 0 saturated heterocycles. The van der Waals surface area contributed by atoms with Gasteiger partial charge in [-0.2, -0.15) is 0 Å². The van der Waals surface area contributed by atoms with E-state index in [1.807, 2.05) is 36.4 Å². The van der Waals surface area contributed by atoms with Crippen LogP contribution < -0.4 is 15.2 Å². The minimum Gasteiger partial charge on any atom is -0.486 e. The highest BCUT2D eigenvalue weighted by molar-refractivity contribution is 6.42. The molecule has 21 heavy (non-hydrogen) atoms. The third-order valence-corrected chi connectivity index (χ3v) is 4.20. The van der Waals surface area contributed by atoms with Crippen LogP contribution in [0, 0.1) is 0 Å². The van der Waals surface area contributed by atoms with Crippen LogP contribution in [0.3, 0.4) is 0 Å². The van der Waals surface area contributed by atoms with Crippen molar-refractivity contribution < 1.29 is 9.47 Å². The molecule has 2 unspecified atom stereocenters. The van der Waals surface area contributed by atoms with E-state index in [1.54, 1.807) is 6.07 Å². The van der Waals surface area contributed by atoms with Gasteiger partial charge in [0.15, 0.2) is 11.5 Å². The Kier molecular flexibility index (Phi) is 4.24. The molecule has 2 atom stereocenters. The van der Waals surface area contributed by atoms with Gasteiger partial charge in [0, 0.05) is 6.04 Å². The average Bonchev–Trinajstić information content (AvgIpc) is 2.50. The van der Waals surface area contributed by atoms with E-state index in [2.05, 4.69) is 0 Å². The lowest BCUT2D eigenvalue weighted by molar-refractivity contribution is 0.0723. The quantitative estimate of drug-likeness (QED) is 0.936. The first-order valence-electron chi connectivity index (χ1n) is 6.71. The largest absolute Gasteiger partial charge is 0.486 e. The van der Waals surface area contributed by atoms with E-state index >= 15 is 0 Å². The fourth-order valence-corrected chi connectivity index (χ4v) is 2.64. The highest BCUT2D eigenvalue weighted by atomic mass is 35.5. The summed E-state index contributed by atoms with van der Waals surface area (Å²) < 4.78 is 11.6. The van der Waals surface area contributed by atoms with Crippen molar-refractivity contribution in [2.45, 2.75) is 18.6 Å². The van der Waals surface area contributed by atoms with Gasteiger partial charge in [0.05, 0.1) is 10.0 Å². The molecule has 2 N–H and O–H groups in total. The first-order chi connectivity index (χ1) is 10.1. The fourth-order valence-electron chi connectivity index (χ4n) is 2.32. The van der Waals surface area contributed by atoms with E-state index in [0.717, 1.165) is 17.1 Å². The topological polar surface area (TPSA) is 44.5 Å². The van der Waals surface area contributed by atoms with Gasteiger partial charge in [-0.1, -0.05) is 41.4 Å². The van der Waals surface area contributed by atoms with E-state index in [0.29, 0.717) is 23.1 Å². The van der Waals surface area contributed by atoms with Gasteiger partial charge in [-0.3, -0.25) is 0 Å². The Morgan fingerprint density at radius 2 is 1.86 bits per heavy atom. The molecule has 3 rings (SSSR count). The van der Waals surface area contributed by atoms with Gasteiger partial charge in [-0.05, 0) is 36.2 Å². The van der Waals surface area contributed by atoms with Crippen molar-refractivity contribution in [3.63, 3.8) is 0 Å². The Morgan fingerprint density at radius 3 is 2.62 bits per heavy atom. The van der Waals surface area contributed by atoms with Crippen LogP contribution in [-0.2, 0) is 6.42 Å². The molecular formula is C16H15Cl2NO2. The van der Waals surface area contributed by atoms with E-state index in [4.69, 9.17) is 38.4 Å². The van der Waals surface area contributed by atoms with Gasteiger partial charge >= 0.3 is 0 Å². The van der Waals surface area contributed by atoms with E-state index in [-0.39, 0.29) is 12.1 Å². The summed E-state index contributed by atoms with van der Waals surface area (Å²) in [6, 6.07) is 12.9. The molecule has 0 spiro atoms. The minimum absolute atomic E-state index is 0.185. The molecule has 0 aromatic heterocycles. The lowest BCUT2D eigenvalue weighted by Crippen LogP contribution is -2.46. The Labute approximate surface area is 133 Å². The molecule has 3 nitrogen and oxygen atoms in total. The van der Waals surface area contributed by atoms with Crippen LogP contribution in [0.15, 0.2) is 42.5 Å². The van der Waals surface area contributed by atoms with Crippen LogP contribution in [0.4, 0.5) is 0 Å². The lowest BCUT2D eigenvalue weighted by atomic mass is 10.0. The minimum atomic E-state index is -0.186. The SMILES string of the molecule is NC(Cc1ccc(Cl)c(Cl)c1)C1COc2ccccc2O1. The summed E-state index contributed by atoms with van der Waals surface area (Å²) >= 11 is 11.9. The molecule has 0 amide bonds. The second kappa shape index (κ2) is 6.14. The molecule has 2 aromatic carbocycles. The van der Waals surface area contributed by atoms with Crippen LogP contribution in [0.1, 0.15) is 5.56 Å². The van der Waals surface area contributed by atoms with E-state index < -0.39 is 0 Å². The number of fused-ring (bicyclic) bond motifs is 1. The maximum Gasteiger partial charge on any atom is 0.161 e. The van der Waals surface area contributed by atoms with Crippen molar-refractivity contribution in [2.75, 3.05) is 6.61 Å². The number of hydrogen-bond acceptors (Lipinski definition) is 3. The Hall–Kier alpha value is -1.42. The van der Waals surface area contributed by atoms with Gasteiger partial charge < -0.3 is 15.2 Å². The second-order valence-corrected chi connectivity index (χ2v) is 5.84. The summed E-state index contributed by atoms with van der Waals surface area (Å²) in [6.07, 6.45) is 0.460. The number of ether oxygens (including phenoxy) is 2. The molecule has 110 valence electrons. The Morgan fingerprint density at radius 1 is 1.10 bits per heavy atom. The van der Waals surface area contributed by atoms with Crippen LogP contribution >= 0.6 is 23.2 Å². The highest BCUT2D eigenvalue weighted by Crippen LogP contribution is 2.32. The summed E-state index contributed by atoms with van der Waals surface area (Å²) in [5.41, 5.74) is 7.27. The zero-order valence-corrected chi connectivity index (χ0v) is 12.8. The monoisotopic (exact) mass is 323 g/mol. The Bertz CT molecular complexity index is 648. The molecule has 0 saturated carbocycles. The summed E-state index contributed by atoms with van der Waals surface area (Å²) in [5, 5.41) is 1.08. The van der Waals surface area contributed by atoms with Crippen LogP contribution in [0.5, 0.6) is 11.5 Å². The molecule has 1 aliphatic heterocycles. The van der Waals surface area contributed by atoms with Gasteiger partial charge in [-0.15, -0.1) is 0 Å². The maximum atomic E-state index is 6.24. The number of hydrogen-bond donors (Lipinski definition) is 1. The van der Waals surface area contributed by atoms with Gasteiger partial charge in [0.25, 0.3) is 0 Å². The molecule has 0 bridgehead atoms. The maximum absolute atomic E-state index is 6.24. The third kappa shape index (κ3) is 3.26. The Balaban J connectivity index is 1.69. The zero-order chi connectivity index (χ0) is 14.8. The number of para-hydroxylation sites is 2. The van der Waals surface area contributed by atoms with Crippen molar-refractivity contribution in [2.24, 2.45) is 5.73 Å². The molecule has 2 aromatic rings. The molecule has 0 aliphatic carbocycles. The number of halogens is 2. The van der Waals surface area contributed by atoms with Gasteiger partial charge in [-0.25, -0.2) is 0 Å². The predicted octanol–water partition coefficient (Wildman–Crippen LogP) is 3.70. The van der Waals surface area contributed by atoms with Crippen molar-refractivity contribution >= 4 is 23.2 Å². The van der Waals surface area contributed by atoms with Gasteiger partial charge in [0.1, 0.15) is 12.7 Å². The average molecular weight is 324 g/mol. The summed E-state index contributed by atoms with van der Waals surface area (Å²) in [7, 11) is 0. The summed E-state index contributed by atoms with van der Waals surface area (Å²) in [6.45, 7) is 0.444. The lowest BCUT2D eigenvalue weighted by Gasteiger charge is -2.30. The molecule has 5 heteroatoms. The summed E-state index contributed by atoms with van der Waals surface area (Å²) in [5.74, 6) is 1.49. The standard InChI is InChI=1S/C16H15Cl2NO2/c17-11-6-5-10(7-12(11)18)8-13(19)16-9-20-14-3-1-2-4-15(14)21-16/h1-7,13,16H,8-9,19H2. The van der Waals surface area contributed by atoms with Gasteiger partial charge in [0.2, 0.25) is 0 Å². The van der Waals surface area contributed by atoms with Crippen molar-refractivity contribution in [1.82, 2.24) is 0 Å². The molecule has 1 heterocycles. The predicted molar refractivity (Wildman–Crippen MR) is 84.5 cm³/mol. The number of benzene rings is 2. The zero-order valence-electron chi connectivity index (χ0n) is 11.3. The smallest absolute Gasteiger partial charge is 0.161 e. The van der Waals surface area contributed by atoms with Crippen molar-refractivity contribution in [3.05, 3.63) is 58.1 Å². The molecule has 1 aliphatic rings. The first kappa shape index (κ1) is 14.5.